The van der Waals surface area contributed by atoms with Crippen LogP contribution in [0, 0.1) is 5.92 Å². The smallest absolute Gasteiger partial charge is 0.315 e. The van der Waals surface area contributed by atoms with Gasteiger partial charge in [0.2, 0.25) is 0 Å². The quantitative estimate of drug-likeness (QED) is 0.776. The summed E-state index contributed by atoms with van der Waals surface area (Å²) >= 11 is 0.0959. The lowest BCUT2D eigenvalue weighted by Gasteiger charge is -2.36. The van der Waals surface area contributed by atoms with E-state index < -0.39 is 5.51 Å². The van der Waals surface area contributed by atoms with Gasteiger partial charge in [0, 0.05) is 24.9 Å². The molecule has 1 saturated heterocycles. The molecule has 0 aromatic rings. The highest BCUT2D eigenvalue weighted by atomic mass is 32.2. The molecule has 1 N–H and O–H groups in total. The number of hydrogen-bond acceptors (Lipinski definition) is 3. The summed E-state index contributed by atoms with van der Waals surface area (Å²) in [7, 11) is 0. The zero-order valence-electron chi connectivity index (χ0n) is 11.8. The lowest BCUT2D eigenvalue weighted by molar-refractivity contribution is -0.0329. The first-order chi connectivity index (χ1) is 8.88. The maximum Gasteiger partial charge on any atom is 0.441 e. The number of rotatable bonds is 7. The van der Waals surface area contributed by atoms with Crippen LogP contribution in [0.15, 0.2) is 0 Å². The normalized spacial score (nSPS) is 22.1. The second-order valence-electron chi connectivity index (χ2n) is 5.53. The topological polar surface area (TPSA) is 15.3 Å². The van der Waals surface area contributed by atoms with Gasteiger partial charge in [-0.15, -0.1) is 0 Å². The van der Waals surface area contributed by atoms with Gasteiger partial charge in [0.1, 0.15) is 0 Å². The van der Waals surface area contributed by atoms with E-state index in [-0.39, 0.29) is 17.5 Å². The van der Waals surface area contributed by atoms with Crippen LogP contribution < -0.4 is 5.32 Å². The van der Waals surface area contributed by atoms with Crippen LogP contribution in [0.5, 0.6) is 0 Å². The van der Waals surface area contributed by atoms with Gasteiger partial charge in [0.05, 0.1) is 0 Å². The van der Waals surface area contributed by atoms with Crippen molar-refractivity contribution in [2.24, 2.45) is 5.92 Å². The Morgan fingerprint density at radius 3 is 2.68 bits per heavy atom. The van der Waals surface area contributed by atoms with E-state index in [1.54, 1.807) is 0 Å². The van der Waals surface area contributed by atoms with Gasteiger partial charge in [-0.2, -0.15) is 13.2 Å². The van der Waals surface area contributed by atoms with Crippen LogP contribution >= 0.6 is 11.8 Å². The molecule has 0 aromatic heterocycles. The maximum absolute atomic E-state index is 12.1. The van der Waals surface area contributed by atoms with Gasteiger partial charge in [-0.25, -0.2) is 0 Å². The molecule has 1 unspecified atom stereocenters. The predicted molar refractivity (Wildman–Crippen MR) is 75.4 cm³/mol. The van der Waals surface area contributed by atoms with Crippen molar-refractivity contribution < 1.29 is 13.2 Å². The minimum absolute atomic E-state index is 0.0959. The maximum atomic E-state index is 12.1. The highest BCUT2D eigenvalue weighted by molar-refractivity contribution is 8.00. The third-order valence-electron chi connectivity index (χ3n) is 3.33. The molecule has 1 rings (SSSR count). The van der Waals surface area contributed by atoms with E-state index in [1.807, 2.05) is 0 Å². The number of piperidine rings is 1. The Bertz CT molecular complexity index is 247. The Hall–Kier alpha value is 0.0600. The van der Waals surface area contributed by atoms with Crippen molar-refractivity contribution in [3.63, 3.8) is 0 Å². The molecule has 0 aliphatic carbocycles. The molecule has 1 aliphatic heterocycles. The Morgan fingerprint density at radius 1 is 1.32 bits per heavy atom. The number of nitrogens with one attached hydrogen (secondary N) is 1. The van der Waals surface area contributed by atoms with Crippen LogP contribution in [0.2, 0.25) is 0 Å². The first-order valence-electron chi connectivity index (χ1n) is 7.04. The van der Waals surface area contributed by atoms with E-state index in [4.69, 9.17) is 0 Å². The molecule has 0 saturated carbocycles. The van der Waals surface area contributed by atoms with Crippen LogP contribution in [0.25, 0.3) is 0 Å². The molecule has 6 heteroatoms. The highest BCUT2D eigenvalue weighted by Gasteiger charge is 2.29. The number of nitrogens with zero attached hydrogens (tertiary/aromatic N) is 1. The molecule has 19 heavy (non-hydrogen) atoms. The Morgan fingerprint density at radius 2 is 2.05 bits per heavy atom. The number of halogens is 3. The molecular weight excluding hydrogens is 273 g/mol. The molecule has 2 nitrogen and oxygen atoms in total. The Kier molecular flexibility index (Phi) is 7.54. The summed E-state index contributed by atoms with van der Waals surface area (Å²) < 4.78 is 36.4. The standard InChI is InChI=1S/C13H25F3N2S/c1-11(2)9-17-10-12-5-3-4-6-18(12)7-8-19-13(14,15)16/h11-12,17H,3-10H2,1-2H3. The van der Waals surface area contributed by atoms with Crippen LogP contribution in [0.3, 0.4) is 0 Å². The fourth-order valence-corrected chi connectivity index (χ4v) is 2.96. The second-order valence-corrected chi connectivity index (χ2v) is 6.69. The fourth-order valence-electron chi connectivity index (χ4n) is 2.40. The minimum Gasteiger partial charge on any atom is -0.315 e. The minimum atomic E-state index is -4.10. The first-order valence-corrected chi connectivity index (χ1v) is 8.02. The molecule has 1 atom stereocenters. The number of thioether (sulfide) groups is 1. The molecule has 1 aliphatic rings. The van der Waals surface area contributed by atoms with Crippen LogP contribution in [0.4, 0.5) is 13.2 Å². The van der Waals surface area contributed by atoms with Gasteiger partial charge >= 0.3 is 5.51 Å². The predicted octanol–water partition coefficient (Wildman–Crippen LogP) is 3.34. The Labute approximate surface area is 118 Å². The lowest BCUT2D eigenvalue weighted by Crippen LogP contribution is -2.46. The molecule has 0 spiro atoms. The first kappa shape index (κ1) is 17.1. The fraction of sp³-hybridized carbons (Fsp3) is 1.00. The largest absolute Gasteiger partial charge is 0.441 e. The highest BCUT2D eigenvalue weighted by Crippen LogP contribution is 2.30. The van der Waals surface area contributed by atoms with Gasteiger partial charge in [0.25, 0.3) is 0 Å². The van der Waals surface area contributed by atoms with Gasteiger partial charge in [-0.05, 0) is 43.6 Å². The van der Waals surface area contributed by atoms with Crippen molar-refractivity contribution in [2.45, 2.75) is 44.7 Å². The number of hydrogen-bond donors (Lipinski definition) is 1. The van der Waals surface area contributed by atoms with Crippen molar-refractivity contribution in [1.29, 1.82) is 0 Å². The van der Waals surface area contributed by atoms with Crippen molar-refractivity contribution in [2.75, 3.05) is 31.9 Å². The molecule has 0 radical (unpaired) electrons. The summed E-state index contributed by atoms with van der Waals surface area (Å²) in [5.74, 6) is 0.752. The number of likely N-dealkylation sites (tertiary alicyclic amines) is 1. The monoisotopic (exact) mass is 298 g/mol. The summed E-state index contributed by atoms with van der Waals surface area (Å²) in [5, 5.41) is 3.42. The Balaban J connectivity index is 2.27. The molecule has 1 heterocycles. The van der Waals surface area contributed by atoms with Crippen LogP contribution in [-0.2, 0) is 0 Å². The van der Waals surface area contributed by atoms with Crippen LogP contribution in [0.1, 0.15) is 33.1 Å². The van der Waals surface area contributed by atoms with E-state index in [9.17, 15) is 13.2 Å². The van der Waals surface area contributed by atoms with Crippen molar-refractivity contribution >= 4 is 11.8 Å². The van der Waals surface area contributed by atoms with E-state index >= 15 is 0 Å². The SMILES string of the molecule is CC(C)CNCC1CCCCN1CCSC(F)(F)F. The lowest BCUT2D eigenvalue weighted by atomic mass is 10.0. The van der Waals surface area contributed by atoms with Crippen molar-refractivity contribution in [1.82, 2.24) is 10.2 Å². The third kappa shape index (κ3) is 8.05. The van der Waals surface area contributed by atoms with E-state index in [2.05, 4.69) is 24.1 Å². The molecule has 1 fully saturated rings. The van der Waals surface area contributed by atoms with Crippen LogP contribution in [-0.4, -0.2) is 48.4 Å². The molecule has 0 aromatic carbocycles. The summed E-state index contributed by atoms with van der Waals surface area (Å²) in [6.07, 6.45) is 3.40. The second kappa shape index (κ2) is 8.37. The zero-order chi connectivity index (χ0) is 14.3. The summed E-state index contributed by atoms with van der Waals surface area (Å²) in [4.78, 5) is 2.22. The summed E-state index contributed by atoms with van der Waals surface area (Å²) in [6.45, 7) is 7.67. The van der Waals surface area contributed by atoms with E-state index in [0.717, 1.165) is 32.5 Å². The van der Waals surface area contributed by atoms with Gasteiger partial charge < -0.3 is 5.32 Å². The molecule has 0 bridgehead atoms. The molecule has 114 valence electrons. The third-order valence-corrected chi connectivity index (χ3v) is 4.04. The summed E-state index contributed by atoms with van der Waals surface area (Å²) in [5.41, 5.74) is -4.10. The van der Waals surface area contributed by atoms with E-state index in [0.29, 0.717) is 18.5 Å². The summed E-state index contributed by atoms with van der Waals surface area (Å²) in [6, 6.07) is 0.404. The average Bonchev–Trinajstić information content (AvgIpc) is 2.29. The zero-order valence-corrected chi connectivity index (χ0v) is 12.6. The molecule has 0 amide bonds. The van der Waals surface area contributed by atoms with Gasteiger partial charge in [-0.1, -0.05) is 20.3 Å². The van der Waals surface area contributed by atoms with Gasteiger partial charge in [-0.3, -0.25) is 4.90 Å². The van der Waals surface area contributed by atoms with Gasteiger partial charge in [0.15, 0.2) is 0 Å². The van der Waals surface area contributed by atoms with Crippen molar-refractivity contribution in [3.8, 4) is 0 Å². The number of alkyl halides is 3. The molecular formula is C13H25F3N2S. The van der Waals surface area contributed by atoms with E-state index in [1.165, 1.54) is 6.42 Å². The van der Waals surface area contributed by atoms with Crippen molar-refractivity contribution in [3.05, 3.63) is 0 Å². The average molecular weight is 298 g/mol.